The summed E-state index contributed by atoms with van der Waals surface area (Å²) in [6.07, 6.45) is -0.131. The summed E-state index contributed by atoms with van der Waals surface area (Å²) in [6, 6.07) is 0. The van der Waals surface area contributed by atoms with Crippen molar-refractivity contribution in [1.82, 2.24) is 9.80 Å². The first-order chi connectivity index (χ1) is 8.82. The Bertz CT molecular complexity index is 314. The van der Waals surface area contributed by atoms with Gasteiger partial charge in [0.1, 0.15) is 13.2 Å². The van der Waals surface area contributed by atoms with Gasteiger partial charge in [-0.25, -0.2) is 4.79 Å². The highest BCUT2D eigenvalue weighted by Gasteiger charge is 2.14. The molecule has 0 aliphatic rings. The Morgan fingerprint density at radius 2 is 1.42 bits per heavy atom. The summed E-state index contributed by atoms with van der Waals surface area (Å²) in [4.78, 5) is 26.7. The average molecular weight is 272 g/mol. The average Bonchev–Trinajstić information content (AvgIpc) is 2.27. The number of carbonyl (C=O) groups excluding carboxylic acids is 2. The SMILES string of the molecule is C=C(CC(=O)OCCN(C)C)C(=O)OCCN(C)C. The quantitative estimate of drug-likeness (QED) is 0.440. The molecule has 0 amide bonds. The maximum atomic E-state index is 11.5. The Morgan fingerprint density at radius 3 is 1.89 bits per heavy atom. The van der Waals surface area contributed by atoms with Crippen molar-refractivity contribution in [2.45, 2.75) is 6.42 Å². The van der Waals surface area contributed by atoms with Crippen LogP contribution in [0.1, 0.15) is 6.42 Å². The minimum absolute atomic E-state index is 0.119. The number of rotatable bonds is 9. The fraction of sp³-hybridized carbons (Fsp3) is 0.692. The second-order valence-electron chi connectivity index (χ2n) is 4.74. The van der Waals surface area contributed by atoms with Crippen LogP contribution in [-0.4, -0.2) is 76.2 Å². The van der Waals surface area contributed by atoms with E-state index in [2.05, 4.69) is 6.58 Å². The predicted molar refractivity (Wildman–Crippen MR) is 72.8 cm³/mol. The molecule has 0 aliphatic heterocycles. The molecule has 0 spiro atoms. The number of ether oxygens (including phenoxy) is 2. The molecule has 0 aromatic rings. The van der Waals surface area contributed by atoms with Crippen LogP contribution in [0.2, 0.25) is 0 Å². The van der Waals surface area contributed by atoms with Crippen molar-refractivity contribution in [3.05, 3.63) is 12.2 Å². The standard InChI is InChI=1S/C13H24N2O4/c1-11(13(17)19-9-7-15(4)5)10-12(16)18-8-6-14(2)3/h1,6-10H2,2-5H3. The van der Waals surface area contributed by atoms with Crippen molar-refractivity contribution < 1.29 is 19.1 Å². The molecule has 0 saturated carbocycles. The van der Waals surface area contributed by atoms with E-state index in [9.17, 15) is 9.59 Å². The Kier molecular flexibility index (Phi) is 8.82. The molecule has 6 heteroatoms. The van der Waals surface area contributed by atoms with Gasteiger partial charge in [-0.2, -0.15) is 0 Å². The maximum Gasteiger partial charge on any atom is 0.334 e. The van der Waals surface area contributed by atoms with Crippen molar-refractivity contribution in [1.29, 1.82) is 0 Å². The van der Waals surface area contributed by atoms with Gasteiger partial charge in [0.15, 0.2) is 0 Å². The van der Waals surface area contributed by atoms with Crippen molar-refractivity contribution in [3.8, 4) is 0 Å². The summed E-state index contributed by atoms with van der Waals surface area (Å²) in [5.74, 6) is -1.01. The van der Waals surface area contributed by atoms with E-state index in [1.807, 2.05) is 38.0 Å². The third-order valence-corrected chi connectivity index (χ3v) is 2.22. The molecule has 0 bridgehead atoms. The van der Waals surface area contributed by atoms with E-state index >= 15 is 0 Å². The zero-order valence-electron chi connectivity index (χ0n) is 12.3. The first-order valence-corrected chi connectivity index (χ1v) is 6.13. The smallest absolute Gasteiger partial charge is 0.334 e. The van der Waals surface area contributed by atoms with Gasteiger partial charge in [0, 0.05) is 18.7 Å². The molecular weight excluding hydrogens is 248 g/mol. The maximum absolute atomic E-state index is 11.5. The van der Waals surface area contributed by atoms with Gasteiger partial charge < -0.3 is 19.3 Å². The van der Waals surface area contributed by atoms with Gasteiger partial charge in [0.05, 0.1) is 6.42 Å². The van der Waals surface area contributed by atoms with E-state index in [1.54, 1.807) is 0 Å². The van der Waals surface area contributed by atoms with E-state index in [-0.39, 0.29) is 18.6 Å². The molecule has 0 heterocycles. The molecule has 0 N–H and O–H groups in total. The van der Waals surface area contributed by atoms with Crippen LogP contribution in [0.15, 0.2) is 12.2 Å². The molecule has 0 fully saturated rings. The second kappa shape index (κ2) is 9.52. The lowest BCUT2D eigenvalue weighted by Crippen LogP contribution is -2.22. The molecule has 0 aliphatic carbocycles. The molecule has 0 saturated heterocycles. The van der Waals surface area contributed by atoms with Crippen LogP contribution in [0.3, 0.4) is 0 Å². The Labute approximate surface area is 114 Å². The lowest BCUT2D eigenvalue weighted by Gasteiger charge is -2.12. The summed E-state index contributed by atoms with van der Waals surface area (Å²) >= 11 is 0. The van der Waals surface area contributed by atoms with Crippen molar-refractivity contribution in [2.24, 2.45) is 0 Å². The van der Waals surface area contributed by atoms with Crippen molar-refractivity contribution >= 4 is 11.9 Å². The molecule has 0 unspecified atom stereocenters. The van der Waals surface area contributed by atoms with Gasteiger partial charge in [0.25, 0.3) is 0 Å². The van der Waals surface area contributed by atoms with Crippen LogP contribution < -0.4 is 0 Å². The Balaban J connectivity index is 3.82. The molecule has 110 valence electrons. The van der Waals surface area contributed by atoms with Crippen LogP contribution in [-0.2, 0) is 19.1 Å². The second-order valence-corrected chi connectivity index (χ2v) is 4.74. The number of nitrogens with zero attached hydrogens (tertiary/aromatic N) is 2. The normalized spacial score (nSPS) is 10.6. The number of carbonyl (C=O) groups is 2. The van der Waals surface area contributed by atoms with Crippen molar-refractivity contribution in [3.63, 3.8) is 0 Å². The van der Waals surface area contributed by atoms with Gasteiger partial charge in [0.2, 0.25) is 0 Å². The minimum atomic E-state index is -0.550. The monoisotopic (exact) mass is 272 g/mol. The van der Waals surface area contributed by atoms with E-state index in [4.69, 9.17) is 9.47 Å². The van der Waals surface area contributed by atoms with Gasteiger partial charge in [-0.05, 0) is 28.2 Å². The molecule has 0 radical (unpaired) electrons. The third-order valence-electron chi connectivity index (χ3n) is 2.22. The predicted octanol–water partition coefficient (Wildman–Crippen LogP) is 0.142. The molecule has 0 aromatic carbocycles. The largest absolute Gasteiger partial charge is 0.464 e. The van der Waals surface area contributed by atoms with Gasteiger partial charge in [-0.1, -0.05) is 6.58 Å². The van der Waals surface area contributed by atoms with Crippen molar-refractivity contribution in [2.75, 3.05) is 54.5 Å². The number of hydrogen-bond acceptors (Lipinski definition) is 6. The summed E-state index contributed by atoms with van der Waals surface area (Å²) in [5.41, 5.74) is 0.119. The van der Waals surface area contributed by atoms with Crippen LogP contribution >= 0.6 is 0 Å². The summed E-state index contributed by atoms with van der Waals surface area (Å²) in [5, 5.41) is 0. The van der Waals surface area contributed by atoms with Gasteiger partial charge in [-0.3, -0.25) is 4.79 Å². The minimum Gasteiger partial charge on any atom is -0.464 e. The molecule has 0 rings (SSSR count). The first-order valence-electron chi connectivity index (χ1n) is 6.13. The lowest BCUT2D eigenvalue weighted by atomic mass is 10.2. The highest BCUT2D eigenvalue weighted by molar-refractivity contribution is 5.93. The Morgan fingerprint density at radius 1 is 0.947 bits per heavy atom. The lowest BCUT2D eigenvalue weighted by molar-refractivity contribution is -0.146. The van der Waals surface area contributed by atoms with Crippen LogP contribution in [0.4, 0.5) is 0 Å². The van der Waals surface area contributed by atoms with E-state index in [0.717, 1.165) is 0 Å². The third kappa shape index (κ3) is 10.2. The highest BCUT2D eigenvalue weighted by Crippen LogP contribution is 2.03. The summed E-state index contributed by atoms with van der Waals surface area (Å²) in [6.45, 7) is 5.39. The van der Waals surface area contributed by atoms with E-state index in [1.165, 1.54) is 0 Å². The highest BCUT2D eigenvalue weighted by atomic mass is 16.5. The van der Waals surface area contributed by atoms with Crippen LogP contribution in [0.25, 0.3) is 0 Å². The summed E-state index contributed by atoms with van der Waals surface area (Å²) < 4.78 is 9.92. The topological polar surface area (TPSA) is 59.1 Å². The van der Waals surface area contributed by atoms with Gasteiger partial charge >= 0.3 is 11.9 Å². The molecule has 19 heavy (non-hydrogen) atoms. The molecule has 0 aromatic heterocycles. The number of hydrogen-bond donors (Lipinski definition) is 0. The Hall–Kier alpha value is -1.40. The van der Waals surface area contributed by atoms with E-state index < -0.39 is 11.9 Å². The first kappa shape index (κ1) is 17.6. The zero-order valence-corrected chi connectivity index (χ0v) is 12.3. The van der Waals surface area contributed by atoms with Crippen LogP contribution in [0.5, 0.6) is 0 Å². The molecule has 0 atom stereocenters. The van der Waals surface area contributed by atoms with Gasteiger partial charge in [-0.15, -0.1) is 0 Å². The molecule has 6 nitrogen and oxygen atoms in total. The number of likely N-dealkylation sites (N-methyl/N-ethyl adjacent to an activating group) is 2. The van der Waals surface area contributed by atoms with Crippen LogP contribution in [0, 0.1) is 0 Å². The van der Waals surface area contributed by atoms with E-state index in [0.29, 0.717) is 19.7 Å². The number of esters is 2. The fourth-order valence-corrected chi connectivity index (χ4v) is 1.06. The zero-order chi connectivity index (χ0) is 14.8. The molecular formula is C13H24N2O4. The summed E-state index contributed by atoms with van der Waals surface area (Å²) in [7, 11) is 7.53. The fourth-order valence-electron chi connectivity index (χ4n) is 1.06.